The second kappa shape index (κ2) is 7.38. The highest BCUT2D eigenvalue weighted by Gasteiger charge is 2.24. The van der Waals surface area contributed by atoms with Crippen LogP contribution in [0.25, 0.3) is 0 Å². The third-order valence-corrected chi connectivity index (χ3v) is 6.88. The maximum Gasteiger partial charge on any atom is 0.252 e. The van der Waals surface area contributed by atoms with Gasteiger partial charge in [0.2, 0.25) is 10.0 Å². The van der Waals surface area contributed by atoms with Crippen LogP contribution in [0.5, 0.6) is 0 Å². The zero-order valence-electron chi connectivity index (χ0n) is 14.4. The van der Waals surface area contributed by atoms with Crippen LogP contribution in [-0.4, -0.2) is 27.1 Å². The lowest BCUT2D eigenvalue weighted by molar-refractivity contribution is 0.0934. The zero-order chi connectivity index (χ0) is 18.9. The van der Waals surface area contributed by atoms with Gasteiger partial charge < -0.3 is 5.32 Å². The molecule has 2 N–H and O–H groups in total. The van der Waals surface area contributed by atoms with Crippen LogP contribution in [0.3, 0.4) is 0 Å². The van der Waals surface area contributed by atoms with Crippen LogP contribution < -0.4 is 10.0 Å². The molecule has 0 aromatic heterocycles. The predicted octanol–water partition coefficient (Wildman–Crippen LogP) is 3.01. The fraction of sp³-hybridized carbons (Fsp3) is 0.278. The van der Waals surface area contributed by atoms with E-state index in [1.807, 2.05) is 0 Å². The molecule has 1 aliphatic rings. The van der Waals surface area contributed by atoms with Crippen molar-refractivity contribution in [3.63, 3.8) is 0 Å². The van der Waals surface area contributed by atoms with E-state index >= 15 is 0 Å². The van der Waals surface area contributed by atoms with E-state index in [1.165, 1.54) is 31.3 Å². The van der Waals surface area contributed by atoms with Gasteiger partial charge in [0, 0.05) is 16.2 Å². The van der Waals surface area contributed by atoms with Gasteiger partial charge in [-0.05, 0) is 61.9 Å². The lowest BCUT2D eigenvalue weighted by Gasteiger charge is -2.26. The van der Waals surface area contributed by atoms with E-state index in [-0.39, 0.29) is 28.2 Å². The average Bonchev–Trinajstić information content (AvgIpc) is 2.62. The van der Waals surface area contributed by atoms with Crippen LogP contribution in [0.15, 0.2) is 46.2 Å². The highest BCUT2D eigenvalue weighted by molar-refractivity contribution is 7.99. The van der Waals surface area contributed by atoms with Gasteiger partial charge in [0.05, 0.1) is 10.9 Å². The van der Waals surface area contributed by atoms with Crippen LogP contribution in [0.1, 0.15) is 33.9 Å². The summed E-state index contributed by atoms with van der Waals surface area (Å²) < 4.78 is 39.8. The Balaban J connectivity index is 1.90. The van der Waals surface area contributed by atoms with Crippen molar-refractivity contribution in [3.8, 4) is 0 Å². The van der Waals surface area contributed by atoms with Gasteiger partial charge in [-0.15, -0.1) is 11.8 Å². The molecule has 0 saturated heterocycles. The number of halogens is 1. The van der Waals surface area contributed by atoms with Crippen molar-refractivity contribution in [2.75, 3.05) is 12.8 Å². The molecule has 1 amide bonds. The summed E-state index contributed by atoms with van der Waals surface area (Å²) in [4.78, 5) is 13.7. The fourth-order valence-corrected chi connectivity index (χ4v) is 4.74. The van der Waals surface area contributed by atoms with Crippen LogP contribution in [-0.2, 0) is 10.0 Å². The molecule has 138 valence electrons. The van der Waals surface area contributed by atoms with Gasteiger partial charge in [0.15, 0.2) is 0 Å². The Morgan fingerprint density at radius 1 is 1.23 bits per heavy atom. The zero-order valence-corrected chi connectivity index (χ0v) is 16.0. The molecule has 0 aliphatic carbocycles. The molecule has 0 fully saturated rings. The minimum Gasteiger partial charge on any atom is -0.345 e. The van der Waals surface area contributed by atoms with Crippen molar-refractivity contribution in [1.29, 1.82) is 0 Å². The third kappa shape index (κ3) is 3.77. The van der Waals surface area contributed by atoms with Crippen molar-refractivity contribution in [2.45, 2.75) is 29.2 Å². The van der Waals surface area contributed by atoms with Gasteiger partial charge in [-0.25, -0.2) is 17.5 Å². The van der Waals surface area contributed by atoms with E-state index < -0.39 is 10.0 Å². The molecule has 5 nitrogen and oxygen atoms in total. The Morgan fingerprint density at radius 3 is 2.73 bits per heavy atom. The molecule has 0 bridgehead atoms. The SMILES string of the molecule is CNS(=O)(=O)c1ccc(C)c(C(=O)NC2CCSc3ccc(F)cc32)c1. The van der Waals surface area contributed by atoms with E-state index in [4.69, 9.17) is 0 Å². The van der Waals surface area contributed by atoms with Gasteiger partial charge in [-0.3, -0.25) is 4.79 Å². The van der Waals surface area contributed by atoms with Crippen LogP contribution in [0.4, 0.5) is 4.39 Å². The number of rotatable bonds is 4. The Bertz CT molecular complexity index is 961. The highest BCUT2D eigenvalue weighted by Crippen LogP contribution is 2.36. The Hall–Kier alpha value is -1.90. The van der Waals surface area contributed by atoms with Crippen molar-refractivity contribution >= 4 is 27.7 Å². The van der Waals surface area contributed by atoms with Gasteiger partial charge in [0.1, 0.15) is 5.82 Å². The molecule has 1 unspecified atom stereocenters. The molecule has 1 heterocycles. The summed E-state index contributed by atoms with van der Waals surface area (Å²) in [5, 5.41) is 2.92. The minimum absolute atomic E-state index is 0.0291. The number of amides is 1. The average molecular weight is 394 g/mol. The summed E-state index contributed by atoms with van der Waals surface area (Å²) in [6.45, 7) is 1.75. The van der Waals surface area contributed by atoms with Crippen LogP contribution in [0, 0.1) is 12.7 Å². The fourth-order valence-electron chi connectivity index (χ4n) is 2.88. The largest absolute Gasteiger partial charge is 0.345 e. The minimum atomic E-state index is -3.64. The molecule has 0 radical (unpaired) electrons. The summed E-state index contributed by atoms with van der Waals surface area (Å²) in [5.74, 6) is 0.100. The van der Waals surface area contributed by atoms with Gasteiger partial charge in [-0.2, -0.15) is 0 Å². The van der Waals surface area contributed by atoms with Gasteiger partial charge >= 0.3 is 0 Å². The first kappa shape index (κ1) is 18.9. The maximum atomic E-state index is 13.6. The molecule has 0 spiro atoms. The first-order chi connectivity index (χ1) is 12.3. The highest BCUT2D eigenvalue weighted by atomic mass is 32.2. The van der Waals surface area contributed by atoms with Crippen LogP contribution in [0.2, 0.25) is 0 Å². The summed E-state index contributed by atoms with van der Waals surface area (Å²) >= 11 is 1.63. The van der Waals surface area contributed by atoms with Gasteiger partial charge in [0.25, 0.3) is 5.91 Å². The van der Waals surface area contributed by atoms with E-state index in [0.29, 0.717) is 12.0 Å². The predicted molar refractivity (Wildman–Crippen MR) is 99.4 cm³/mol. The number of fused-ring (bicyclic) bond motifs is 1. The van der Waals surface area contributed by atoms with E-state index in [0.717, 1.165) is 16.2 Å². The normalized spacial score (nSPS) is 16.8. The van der Waals surface area contributed by atoms with E-state index in [1.54, 1.807) is 30.8 Å². The second-order valence-corrected chi connectivity index (χ2v) is 9.05. The third-order valence-electron chi connectivity index (χ3n) is 4.35. The van der Waals surface area contributed by atoms with Crippen molar-refractivity contribution in [1.82, 2.24) is 10.0 Å². The summed E-state index contributed by atoms with van der Waals surface area (Å²) in [5.41, 5.74) is 1.71. The number of sulfonamides is 1. The number of nitrogens with one attached hydrogen (secondary N) is 2. The molecule has 26 heavy (non-hydrogen) atoms. The summed E-state index contributed by atoms with van der Waals surface area (Å²) in [7, 11) is -2.32. The standard InChI is InChI=1S/C18H19FN2O3S2/c1-11-3-5-13(26(23,24)20-2)10-14(11)18(22)21-16-7-8-25-17-6-4-12(19)9-15(16)17/h3-6,9-10,16,20H,7-8H2,1-2H3,(H,21,22). The number of carbonyl (C=O) groups excluding carboxylic acids is 1. The summed E-state index contributed by atoms with van der Waals surface area (Å²) in [6, 6.07) is 8.69. The molecular formula is C18H19FN2O3S2. The number of aryl methyl sites for hydroxylation is 1. The quantitative estimate of drug-likeness (QED) is 0.836. The lowest BCUT2D eigenvalue weighted by atomic mass is 10.0. The molecule has 2 aromatic carbocycles. The van der Waals surface area contributed by atoms with Gasteiger partial charge in [-0.1, -0.05) is 6.07 Å². The summed E-state index contributed by atoms with van der Waals surface area (Å²) in [6.07, 6.45) is 0.681. The van der Waals surface area contributed by atoms with E-state index in [9.17, 15) is 17.6 Å². The number of thioether (sulfide) groups is 1. The molecule has 3 rings (SSSR count). The number of benzene rings is 2. The number of hydrogen-bond acceptors (Lipinski definition) is 4. The van der Waals surface area contributed by atoms with Crippen molar-refractivity contribution in [3.05, 3.63) is 58.9 Å². The maximum absolute atomic E-state index is 13.6. The van der Waals surface area contributed by atoms with Crippen LogP contribution >= 0.6 is 11.8 Å². The number of carbonyl (C=O) groups is 1. The molecule has 0 saturated carbocycles. The smallest absolute Gasteiger partial charge is 0.252 e. The first-order valence-electron chi connectivity index (χ1n) is 8.09. The molecular weight excluding hydrogens is 375 g/mol. The Labute approximate surface area is 156 Å². The first-order valence-corrected chi connectivity index (χ1v) is 10.6. The molecule has 1 atom stereocenters. The molecule has 8 heteroatoms. The second-order valence-electron chi connectivity index (χ2n) is 6.03. The van der Waals surface area contributed by atoms with E-state index in [2.05, 4.69) is 10.0 Å². The van der Waals surface area contributed by atoms with Crippen molar-refractivity contribution < 1.29 is 17.6 Å². The number of hydrogen-bond donors (Lipinski definition) is 2. The molecule has 1 aliphatic heterocycles. The Morgan fingerprint density at radius 2 is 2.00 bits per heavy atom. The topological polar surface area (TPSA) is 75.3 Å². The van der Waals surface area contributed by atoms with Crippen molar-refractivity contribution in [2.24, 2.45) is 0 Å². The lowest BCUT2D eigenvalue weighted by Crippen LogP contribution is -2.31. The molecule has 2 aromatic rings. The Kier molecular flexibility index (Phi) is 5.36. The monoisotopic (exact) mass is 394 g/mol.